The predicted molar refractivity (Wildman–Crippen MR) is 115 cm³/mol. The Hall–Kier alpha value is -3.07. The first-order chi connectivity index (χ1) is 14.8. The fourth-order valence-corrected chi connectivity index (χ4v) is 2.68. The summed E-state index contributed by atoms with van der Waals surface area (Å²) in [5, 5.41) is 8.86. The number of alkyl halides is 3. The Bertz CT molecular complexity index is 868. The van der Waals surface area contributed by atoms with Crippen molar-refractivity contribution < 1.29 is 22.7 Å². The van der Waals surface area contributed by atoms with Gasteiger partial charge in [0.25, 0.3) is 0 Å². The van der Waals surface area contributed by atoms with Gasteiger partial charge in [-0.3, -0.25) is 9.79 Å². The van der Waals surface area contributed by atoms with Gasteiger partial charge in [0.15, 0.2) is 5.96 Å². The Morgan fingerprint density at radius 3 is 2.39 bits per heavy atom. The van der Waals surface area contributed by atoms with Crippen LogP contribution in [0, 0.1) is 0 Å². The fraction of sp³-hybridized carbons (Fsp3) is 0.364. The maximum atomic E-state index is 12.2. The van der Waals surface area contributed by atoms with Crippen molar-refractivity contribution >= 4 is 17.6 Å². The number of nitrogens with one attached hydrogen (secondary N) is 3. The molecule has 9 heteroatoms. The van der Waals surface area contributed by atoms with Gasteiger partial charge < -0.3 is 20.7 Å². The van der Waals surface area contributed by atoms with Gasteiger partial charge in [-0.15, -0.1) is 0 Å². The SMILES string of the molecule is CCc1cccc(NC(=O)CNC(=NC)NCc2ccc(COCC(F)(F)F)cc2)c1. The molecular weight excluding hydrogens is 409 g/mol. The highest BCUT2D eigenvalue weighted by Gasteiger charge is 2.27. The van der Waals surface area contributed by atoms with Crippen LogP contribution in [0.4, 0.5) is 18.9 Å². The van der Waals surface area contributed by atoms with Crippen LogP contribution in [0.15, 0.2) is 53.5 Å². The first-order valence-corrected chi connectivity index (χ1v) is 9.84. The van der Waals surface area contributed by atoms with Gasteiger partial charge in [0.05, 0.1) is 13.2 Å². The maximum Gasteiger partial charge on any atom is 0.411 e. The van der Waals surface area contributed by atoms with Crippen LogP contribution in [0.1, 0.15) is 23.6 Å². The number of anilines is 1. The predicted octanol–water partition coefficient (Wildman–Crippen LogP) is 3.63. The van der Waals surface area contributed by atoms with E-state index in [2.05, 4.69) is 25.7 Å². The number of halogens is 3. The van der Waals surface area contributed by atoms with E-state index in [1.165, 1.54) is 0 Å². The Kier molecular flexibility index (Phi) is 9.33. The summed E-state index contributed by atoms with van der Waals surface area (Å²) in [6, 6.07) is 14.7. The highest BCUT2D eigenvalue weighted by Crippen LogP contribution is 2.16. The van der Waals surface area contributed by atoms with Gasteiger partial charge in [-0.1, -0.05) is 43.3 Å². The second-order valence-electron chi connectivity index (χ2n) is 6.81. The molecule has 0 aliphatic carbocycles. The Labute approximate surface area is 179 Å². The number of hydrogen-bond donors (Lipinski definition) is 3. The number of carbonyl (C=O) groups excluding carboxylic acids is 1. The molecule has 0 spiro atoms. The molecule has 0 aliphatic rings. The first-order valence-electron chi connectivity index (χ1n) is 9.84. The molecule has 0 heterocycles. The summed E-state index contributed by atoms with van der Waals surface area (Å²) in [6.07, 6.45) is -3.44. The number of carbonyl (C=O) groups is 1. The number of hydrogen-bond acceptors (Lipinski definition) is 3. The van der Waals surface area contributed by atoms with Crippen molar-refractivity contribution in [3.63, 3.8) is 0 Å². The summed E-state index contributed by atoms with van der Waals surface area (Å²) < 4.78 is 41.0. The van der Waals surface area contributed by atoms with Crippen molar-refractivity contribution in [2.45, 2.75) is 32.7 Å². The summed E-state index contributed by atoms with van der Waals surface area (Å²) in [4.78, 5) is 16.2. The monoisotopic (exact) mass is 436 g/mol. The van der Waals surface area contributed by atoms with Crippen molar-refractivity contribution in [2.24, 2.45) is 4.99 Å². The average molecular weight is 436 g/mol. The molecule has 0 atom stereocenters. The molecule has 2 rings (SSSR count). The minimum Gasteiger partial charge on any atom is -0.367 e. The van der Waals surface area contributed by atoms with Crippen molar-refractivity contribution in [2.75, 3.05) is 25.5 Å². The minimum atomic E-state index is -4.33. The molecule has 6 nitrogen and oxygen atoms in total. The Morgan fingerprint density at radius 2 is 1.74 bits per heavy atom. The zero-order chi connectivity index (χ0) is 22.7. The maximum absolute atomic E-state index is 12.2. The molecule has 0 fully saturated rings. The molecule has 3 N–H and O–H groups in total. The number of guanidine groups is 1. The number of ether oxygens (including phenoxy) is 1. The van der Waals surface area contributed by atoms with Crippen molar-refractivity contribution in [1.82, 2.24) is 10.6 Å². The lowest BCUT2D eigenvalue weighted by Gasteiger charge is -2.13. The summed E-state index contributed by atoms with van der Waals surface area (Å²) in [6.45, 7) is 1.16. The molecule has 0 aromatic heterocycles. The molecule has 0 saturated carbocycles. The number of nitrogens with zero attached hydrogens (tertiary/aromatic N) is 1. The summed E-state index contributed by atoms with van der Waals surface area (Å²) >= 11 is 0. The largest absolute Gasteiger partial charge is 0.411 e. The summed E-state index contributed by atoms with van der Waals surface area (Å²) in [5.74, 6) is 0.259. The van der Waals surface area contributed by atoms with E-state index in [0.717, 1.165) is 23.2 Å². The molecule has 168 valence electrons. The number of benzene rings is 2. The van der Waals surface area contributed by atoms with Gasteiger partial charge in [-0.25, -0.2) is 0 Å². The highest BCUT2D eigenvalue weighted by atomic mass is 19.4. The molecule has 0 unspecified atom stereocenters. The van der Waals surface area contributed by atoms with E-state index in [1.807, 2.05) is 31.2 Å². The molecular formula is C22H27F3N4O2. The van der Waals surface area contributed by atoms with E-state index < -0.39 is 12.8 Å². The van der Waals surface area contributed by atoms with E-state index in [9.17, 15) is 18.0 Å². The Balaban J connectivity index is 1.74. The van der Waals surface area contributed by atoms with Crippen LogP contribution in [0.3, 0.4) is 0 Å². The van der Waals surface area contributed by atoms with Crippen molar-refractivity contribution in [1.29, 1.82) is 0 Å². The average Bonchev–Trinajstić information content (AvgIpc) is 2.74. The molecule has 31 heavy (non-hydrogen) atoms. The van der Waals surface area contributed by atoms with Gasteiger partial charge in [0.2, 0.25) is 5.91 Å². The van der Waals surface area contributed by atoms with E-state index in [1.54, 1.807) is 31.3 Å². The van der Waals surface area contributed by atoms with Crippen molar-refractivity contribution in [3.05, 3.63) is 65.2 Å². The molecule has 0 aliphatic heterocycles. The normalized spacial score (nSPS) is 11.8. The van der Waals surface area contributed by atoms with Crippen LogP contribution in [-0.2, 0) is 29.1 Å². The zero-order valence-corrected chi connectivity index (χ0v) is 17.6. The molecule has 0 saturated heterocycles. The lowest BCUT2D eigenvalue weighted by atomic mass is 10.1. The van der Waals surface area contributed by atoms with E-state index in [0.29, 0.717) is 18.1 Å². The third kappa shape index (κ3) is 9.52. The van der Waals surface area contributed by atoms with E-state index >= 15 is 0 Å². The third-order valence-corrected chi connectivity index (χ3v) is 4.28. The highest BCUT2D eigenvalue weighted by molar-refractivity contribution is 5.95. The summed E-state index contributed by atoms with van der Waals surface area (Å²) in [7, 11) is 1.60. The van der Waals surface area contributed by atoms with Crippen LogP contribution in [0.5, 0.6) is 0 Å². The molecule has 0 bridgehead atoms. The van der Waals surface area contributed by atoms with E-state index in [-0.39, 0.29) is 19.1 Å². The van der Waals surface area contributed by atoms with Crippen LogP contribution < -0.4 is 16.0 Å². The van der Waals surface area contributed by atoms with Gasteiger partial charge in [-0.05, 0) is 35.2 Å². The number of aliphatic imine (C=N–C) groups is 1. The van der Waals surface area contributed by atoms with Crippen LogP contribution in [-0.4, -0.2) is 38.2 Å². The van der Waals surface area contributed by atoms with Gasteiger partial charge in [0, 0.05) is 19.3 Å². The third-order valence-electron chi connectivity index (χ3n) is 4.28. The summed E-state index contributed by atoms with van der Waals surface area (Å²) in [5.41, 5.74) is 3.44. The second-order valence-corrected chi connectivity index (χ2v) is 6.81. The quantitative estimate of drug-likeness (QED) is 0.415. The first kappa shape index (κ1) is 24.2. The fourth-order valence-electron chi connectivity index (χ4n) is 2.68. The molecule has 0 radical (unpaired) electrons. The minimum absolute atomic E-state index is 0.0471. The second kappa shape index (κ2) is 11.9. The van der Waals surface area contributed by atoms with E-state index in [4.69, 9.17) is 0 Å². The molecule has 2 aromatic rings. The number of rotatable bonds is 9. The lowest BCUT2D eigenvalue weighted by molar-refractivity contribution is -0.176. The molecule has 2 aromatic carbocycles. The van der Waals surface area contributed by atoms with Gasteiger partial charge >= 0.3 is 6.18 Å². The lowest BCUT2D eigenvalue weighted by Crippen LogP contribution is -2.41. The van der Waals surface area contributed by atoms with Crippen LogP contribution >= 0.6 is 0 Å². The topological polar surface area (TPSA) is 74.8 Å². The number of aryl methyl sites for hydroxylation is 1. The smallest absolute Gasteiger partial charge is 0.367 e. The number of amides is 1. The van der Waals surface area contributed by atoms with Gasteiger partial charge in [-0.2, -0.15) is 13.2 Å². The van der Waals surface area contributed by atoms with Crippen LogP contribution in [0.2, 0.25) is 0 Å². The standard InChI is InChI=1S/C22H27F3N4O2/c1-3-16-5-4-6-19(11-16)29-20(30)13-28-21(26-2)27-12-17-7-9-18(10-8-17)14-31-15-22(23,24)25/h4-11H,3,12-15H2,1-2H3,(H,29,30)(H2,26,27,28). The van der Waals surface area contributed by atoms with Gasteiger partial charge in [0.1, 0.15) is 6.61 Å². The van der Waals surface area contributed by atoms with Crippen molar-refractivity contribution in [3.8, 4) is 0 Å². The Morgan fingerprint density at radius 1 is 1.03 bits per heavy atom. The zero-order valence-electron chi connectivity index (χ0n) is 17.6. The van der Waals surface area contributed by atoms with Crippen LogP contribution in [0.25, 0.3) is 0 Å². The molecule has 1 amide bonds.